The summed E-state index contributed by atoms with van der Waals surface area (Å²) in [5.74, 6) is -0.170. The van der Waals surface area contributed by atoms with Crippen LogP contribution in [0.25, 0.3) is 11.0 Å². The molecule has 4 N–H and O–H groups in total. The molecule has 3 aromatic carbocycles. The van der Waals surface area contributed by atoms with Gasteiger partial charge in [-0.2, -0.15) is 0 Å². The van der Waals surface area contributed by atoms with Crippen molar-refractivity contribution in [1.29, 1.82) is 5.41 Å². The Balaban J connectivity index is 1.59. The Kier molecular flexibility index (Phi) is 11.7. The summed E-state index contributed by atoms with van der Waals surface area (Å²) in [5.41, 5.74) is 9.63. The summed E-state index contributed by atoms with van der Waals surface area (Å²) >= 11 is 0. The summed E-state index contributed by atoms with van der Waals surface area (Å²) in [6.07, 6.45) is 1.41. The second kappa shape index (κ2) is 15.7. The predicted octanol–water partition coefficient (Wildman–Crippen LogP) is 3.47. The number of ether oxygens (including phenoxy) is 1. The maximum absolute atomic E-state index is 14.1. The number of likely N-dealkylation sites (N-methyl/N-ethyl adjacent to an activating group) is 1. The zero-order valence-electron chi connectivity index (χ0n) is 27.3. The molecule has 0 unspecified atom stereocenters. The molecule has 1 aromatic heterocycles. The number of nitrogens with zero attached hydrogens (tertiary/aromatic N) is 4. The summed E-state index contributed by atoms with van der Waals surface area (Å²) < 4.78 is 36.5. The fraction of sp³-hybridized carbons (Fsp3) is 0.353. The first-order chi connectivity index (χ1) is 22.5. The third-order valence-corrected chi connectivity index (χ3v) is 9.91. The minimum absolute atomic E-state index is 0.0306. The van der Waals surface area contributed by atoms with Crippen molar-refractivity contribution in [3.05, 3.63) is 89.2 Å². The van der Waals surface area contributed by atoms with Gasteiger partial charge in [-0.25, -0.2) is 13.4 Å². The number of amides is 1. The van der Waals surface area contributed by atoms with E-state index in [1.54, 1.807) is 19.1 Å². The van der Waals surface area contributed by atoms with E-state index in [-0.39, 0.29) is 36.0 Å². The highest BCUT2D eigenvalue weighted by Gasteiger charge is 2.26. The quantitative estimate of drug-likeness (QED) is 0.0934. The number of sulfonamides is 1. The Morgan fingerprint density at radius 3 is 2.21 bits per heavy atom. The molecular formula is C34H43N7O5S. The fourth-order valence-corrected chi connectivity index (χ4v) is 6.70. The molecule has 4 aromatic rings. The lowest BCUT2D eigenvalue weighted by Gasteiger charge is -2.28. The highest BCUT2D eigenvalue weighted by molar-refractivity contribution is 7.92. The first-order valence-corrected chi connectivity index (χ1v) is 17.1. The van der Waals surface area contributed by atoms with Crippen LogP contribution < -0.4 is 15.4 Å². The van der Waals surface area contributed by atoms with Gasteiger partial charge in [0.05, 0.1) is 28.2 Å². The van der Waals surface area contributed by atoms with E-state index in [9.17, 15) is 18.0 Å². The highest BCUT2D eigenvalue weighted by atomic mass is 32.2. The van der Waals surface area contributed by atoms with Crippen LogP contribution in [-0.4, -0.2) is 79.9 Å². The first-order valence-electron chi connectivity index (χ1n) is 15.7. The summed E-state index contributed by atoms with van der Waals surface area (Å²) in [7, 11) is -2.08. The second-order valence-electron chi connectivity index (χ2n) is 11.0. The monoisotopic (exact) mass is 661 g/mol. The summed E-state index contributed by atoms with van der Waals surface area (Å²) in [6, 6.07) is 18.7. The summed E-state index contributed by atoms with van der Waals surface area (Å²) in [4.78, 5) is 31.2. The lowest BCUT2D eigenvalue weighted by atomic mass is 10.1. The van der Waals surface area contributed by atoms with Crippen LogP contribution in [0.15, 0.2) is 71.6 Å². The fourth-order valence-electron chi connectivity index (χ4n) is 5.26. The lowest BCUT2D eigenvalue weighted by Crippen LogP contribution is -2.39. The van der Waals surface area contributed by atoms with Gasteiger partial charge in [-0.1, -0.05) is 38.1 Å². The normalized spacial score (nSPS) is 11.5. The predicted molar refractivity (Wildman–Crippen MR) is 183 cm³/mol. The van der Waals surface area contributed by atoms with Crippen molar-refractivity contribution in [3.63, 3.8) is 0 Å². The Bertz CT molecular complexity index is 1820. The minimum Gasteiger partial charge on any atom is -0.465 e. The molecule has 12 nitrogen and oxygen atoms in total. The van der Waals surface area contributed by atoms with E-state index in [1.165, 1.54) is 28.6 Å². The molecule has 0 bridgehead atoms. The number of hydrogen-bond acceptors (Lipinski definition) is 8. The Hall–Kier alpha value is -4.75. The maximum atomic E-state index is 14.1. The second-order valence-corrected chi connectivity index (χ2v) is 12.8. The van der Waals surface area contributed by atoms with E-state index >= 15 is 0 Å². The van der Waals surface area contributed by atoms with Crippen LogP contribution >= 0.6 is 0 Å². The van der Waals surface area contributed by atoms with E-state index in [4.69, 9.17) is 20.9 Å². The van der Waals surface area contributed by atoms with Crippen molar-refractivity contribution in [3.8, 4) is 0 Å². The number of carbonyl (C=O) groups is 2. The number of aromatic nitrogens is 2. The number of hydrogen-bond donors (Lipinski definition) is 3. The van der Waals surface area contributed by atoms with Gasteiger partial charge in [0.2, 0.25) is 0 Å². The van der Waals surface area contributed by atoms with Gasteiger partial charge in [-0.15, -0.1) is 0 Å². The van der Waals surface area contributed by atoms with Gasteiger partial charge in [0.25, 0.3) is 15.9 Å². The maximum Gasteiger partial charge on any atom is 0.325 e. The number of nitrogens with two attached hydrogens (primary N) is 1. The SMILES string of the molecule is CCOC(=O)CNC(=O)c1ccc(S(=O)(=O)N(CCN(CC)CC)c2ccc3c(c2)nc(CCc2ccc(C(=N)N)cc2)n3C)cc1. The number of imidazole rings is 1. The van der Waals surface area contributed by atoms with E-state index < -0.39 is 21.9 Å². The number of esters is 1. The minimum atomic E-state index is -4.03. The smallest absolute Gasteiger partial charge is 0.325 e. The molecule has 1 amide bonds. The average Bonchev–Trinajstić information content (AvgIpc) is 3.39. The molecule has 0 saturated heterocycles. The van der Waals surface area contributed by atoms with Crippen LogP contribution in [0, 0.1) is 5.41 Å². The van der Waals surface area contributed by atoms with Crippen LogP contribution in [0.3, 0.4) is 0 Å². The van der Waals surface area contributed by atoms with Crippen molar-refractivity contribution in [1.82, 2.24) is 19.8 Å². The third kappa shape index (κ3) is 8.54. The molecule has 0 aliphatic heterocycles. The average molecular weight is 662 g/mol. The Labute approximate surface area is 276 Å². The molecule has 0 aliphatic carbocycles. The standard InChI is InChI=1S/C34H43N7O5S/c1-5-40(6-2)20-21-41(47(44,45)28-16-13-26(14-17-28)34(43)37-23-32(42)46-7-3)27-15-18-30-29(22-27)38-31(39(30)4)19-10-24-8-11-25(12-9-24)33(35)36/h8-9,11-18,22H,5-7,10,19-21,23H2,1-4H3,(H3,35,36)(H,37,43). The molecule has 0 fully saturated rings. The Morgan fingerprint density at radius 2 is 1.60 bits per heavy atom. The number of aryl methyl sites for hydroxylation is 3. The molecule has 250 valence electrons. The topological polar surface area (TPSA) is 164 Å². The number of anilines is 1. The molecule has 0 aliphatic rings. The number of fused-ring (bicyclic) bond motifs is 1. The number of carbonyl (C=O) groups excluding carboxylic acids is 2. The lowest BCUT2D eigenvalue weighted by molar-refractivity contribution is -0.141. The van der Waals surface area contributed by atoms with Gasteiger partial charge in [0, 0.05) is 37.7 Å². The Morgan fingerprint density at radius 1 is 0.936 bits per heavy atom. The van der Waals surface area contributed by atoms with Crippen LogP contribution in [0.4, 0.5) is 5.69 Å². The number of amidine groups is 1. The van der Waals surface area contributed by atoms with Crippen LogP contribution in [0.5, 0.6) is 0 Å². The van der Waals surface area contributed by atoms with E-state index in [0.29, 0.717) is 29.7 Å². The first kappa shape index (κ1) is 35.1. The van der Waals surface area contributed by atoms with Crippen molar-refractivity contribution in [2.75, 3.05) is 43.6 Å². The van der Waals surface area contributed by atoms with Gasteiger partial charge in [0.15, 0.2) is 0 Å². The van der Waals surface area contributed by atoms with Gasteiger partial charge >= 0.3 is 5.97 Å². The van der Waals surface area contributed by atoms with Crippen molar-refractivity contribution < 1.29 is 22.7 Å². The van der Waals surface area contributed by atoms with Crippen LogP contribution in [0.2, 0.25) is 0 Å². The molecule has 0 spiro atoms. The molecule has 0 saturated carbocycles. The van der Waals surface area contributed by atoms with Gasteiger partial charge < -0.3 is 25.3 Å². The van der Waals surface area contributed by atoms with E-state index in [2.05, 4.69) is 10.2 Å². The third-order valence-electron chi connectivity index (χ3n) is 8.06. The van der Waals surface area contributed by atoms with Crippen LogP contribution in [-0.2, 0) is 39.4 Å². The zero-order valence-corrected chi connectivity index (χ0v) is 28.1. The molecule has 0 radical (unpaired) electrons. The number of nitrogens with one attached hydrogen (secondary N) is 2. The molecule has 1 heterocycles. The van der Waals surface area contributed by atoms with Crippen molar-refractivity contribution in [2.45, 2.75) is 38.5 Å². The highest BCUT2D eigenvalue weighted by Crippen LogP contribution is 2.28. The van der Waals surface area contributed by atoms with Gasteiger partial charge in [-0.3, -0.25) is 19.3 Å². The number of benzene rings is 3. The van der Waals surface area contributed by atoms with E-state index in [0.717, 1.165) is 36.4 Å². The van der Waals surface area contributed by atoms with Crippen molar-refractivity contribution >= 4 is 44.5 Å². The zero-order chi connectivity index (χ0) is 34.1. The molecule has 4 rings (SSSR count). The number of nitrogen functional groups attached to an aromatic ring is 1. The van der Waals surface area contributed by atoms with E-state index in [1.807, 2.05) is 55.8 Å². The van der Waals surface area contributed by atoms with Gasteiger partial charge in [0.1, 0.15) is 18.2 Å². The number of rotatable bonds is 16. The van der Waals surface area contributed by atoms with Crippen LogP contribution in [0.1, 0.15) is 48.1 Å². The van der Waals surface area contributed by atoms with Crippen molar-refractivity contribution in [2.24, 2.45) is 12.8 Å². The molecular weight excluding hydrogens is 618 g/mol. The van der Waals surface area contributed by atoms with Gasteiger partial charge in [-0.05, 0) is 74.5 Å². The molecule has 0 atom stereocenters. The molecule has 47 heavy (non-hydrogen) atoms. The summed E-state index contributed by atoms with van der Waals surface area (Å²) in [6.45, 7) is 7.97. The molecule has 13 heteroatoms. The summed E-state index contributed by atoms with van der Waals surface area (Å²) in [5, 5.41) is 10.1. The largest absolute Gasteiger partial charge is 0.465 e.